The Bertz CT molecular complexity index is 600. The predicted octanol–water partition coefficient (Wildman–Crippen LogP) is 3.13. The average molecular weight is 329 g/mol. The number of hydrogen-bond acceptors (Lipinski definition) is 3. The summed E-state index contributed by atoms with van der Waals surface area (Å²) in [5.74, 6) is 0.655. The van der Waals surface area contributed by atoms with Gasteiger partial charge in [0, 0.05) is 0 Å². The Balaban J connectivity index is 2.31. The number of halogens is 1. The maximum atomic E-state index is 15.6. The number of alkyl halides is 1. The van der Waals surface area contributed by atoms with E-state index >= 15 is 4.39 Å². The highest BCUT2D eigenvalue weighted by molar-refractivity contribution is 7.90. The monoisotopic (exact) mass is 329 g/mol. The Hall–Kier alpha value is -1.14. The minimum atomic E-state index is -3.50. The van der Waals surface area contributed by atoms with Gasteiger partial charge in [0.25, 0.3) is 0 Å². The summed E-state index contributed by atoms with van der Waals surface area (Å²) in [7, 11) is -1.95. The van der Waals surface area contributed by atoms with E-state index in [4.69, 9.17) is 4.74 Å². The molecule has 0 aliphatic heterocycles. The molecule has 0 amide bonds. The molecule has 124 valence electrons. The number of nitrogens with one attached hydrogen (secondary N) is 1. The molecule has 1 N–H and O–H groups in total. The summed E-state index contributed by atoms with van der Waals surface area (Å²) in [6.07, 6.45) is 2.41. The summed E-state index contributed by atoms with van der Waals surface area (Å²) in [4.78, 5) is 0. The van der Waals surface area contributed by atoms with Crippen molar-refractivity contribution in [1.29, 1.82) is 0 Å². The molecule has 0 aromatic heterocycles. The predicted molar refractivity (Wildman–Crippen MR) is 85.2 cm³/mol. The third kappa shape index (κ3) is 3.43. The van der Waals surface area contributed by atoms with Gasteiger partial charge >= 0.3 is 0 Å². The van der Waals surface area contributed by atoms with Crippen LogP contribution in [-0.2, 0) is 15.7 Å². The molecular formula is C16H24FNO3S. The molecule has 6 heteroatoms. The lowest BCUT2D eigenvalue weighted by molar-refractivity contribution is 0.0712. The van der Waals surface area contributed by atoms with Crippen LogP contribution in [0.2, 0.25) is 0 Å². The first-order valence-corrected chi connectivity index (χ1v) is 9.19. The zero-order chi connectivity index (χ0) is 16.4. The smallest absolute Gasteiger partial charge is 0.214 e. The van der Waals surface area contributed by atoms with Gasteiger partial charge in [-0.05, 0) is 50.8 Å². The van der Waals surface area contributed by atoms with Crippen molar-refractivity contribution in [1.82, 2.24) is 4.72 Å². The SMILES string of the molecule is COc1ccc(C2(F)CCCCC2NS(=O)(=O)C(C)C)cc1. The first kappa shape index (κ1) is 17.2. The number of methoxy groups -OCH3 is 1. The summed E-state index contributed by atoms with van der Waals surface area (Å²) >= 11 is 0. The van der Waals surface area contributed by atoms with E-state index in [1.807, 2.05) is 0 Å². The van der Waals surface area contributed by atoms with Gasteiger partial charge in [-0.15, -0.1) is 0 Å². The number of rotatable bonds is 5. The van der Waals surface area contributed by atoms with Gasteiger partial charge in [-0.1, -0.05) is 18.6 Å². The Morgan fingerprint density at radius 3 is 2.45 bits per heavy atom. The number of ether oxygens (including phenoxy) is 1. The van der Waals surface area contributed by atoms with Crippen molar-refractivity contribution in [2.75, 3.05) is 7.11 Å². The topological polar surface area (TPSA) is 55.4 Å². The molecule has 0 spiro atoms. The van der Waals surface area contributed by atoms with Crippen LogP contribution in [0.3, 0.4) is 0 Å². The molecule has 1 aliphatic carbocycles. The second-order valence-electron chi connectivity index (χ2n) is 6.10. The second kappa shape index (κ2) is 6.54. The van der Waals surface area contributed by atoms with E-state index in [9.17, 15) is 8.42 Å². The molecule has 2 unspecified atom stereocenters. The molecule has 1 fully saturated rings. The first-order valence-electron chi connectivity index (χ1n) is 7.64. The largest absolute Gasteiger partial charge is 0.497 e. The van der Waals surface area contributed by atoms with E-state index in [0.717, 1.165) is 12.8 Å². The summed E-state index contributed by atoms with van der Waals surface area (Å²) in [5, 5.41) is -0.574. The lowest BCUT2D eigenvalue weighted by atomic mass is 9.77. The van der Waals surface area contributed by atoms with Crippen LogP contribution < -0.4 is 9.46 Å². The van der Waals surface area contributed by atoms with Crippen LogP contribution in [-0.4, -0.2) is 26.8 Å². The van der Waals surface area contributed by atoms with Gasteiger partial charge in [-0.25, -0.2) is 17.5 Å². The normalized spacial score (nSPS) is 26.1. The molecule has 2 atom stereocenters. The van der Waals surface area contributed by atoms with Crippen LogP contribution >= 0.6 is 0 Å². The van der Waals surface area contributed by atoms with Gasteiger partial charge in [0.05, 0.1) is 18.4 Å². The minimum Gasteiger partial charge on any atom is -0.497 e. The highest BCUT2D eigenvalue weighted by Gasteiger charge is 2.44. The lowest BCUT2D eigenvalue weighted by Crippen LogP contribution is -2.51. The van der Waals surface area contributed by atoms with Crippen molar-refractivity contribution in [2.24, 2.45) is 0 Å². The maximum absolute atomic E-state index is 15.6. The summed E-state index contributed by atoms with van der Waals surface area (Å²) in [6, 6.07) is 6.06. The molecule has 4 nitrogen and oxygen atoms in total. The summed E-state index contributed by atoms with van der Waals surface area (Å²) in [6.45, 7) is 3.19. The lowest BCUT2D eigenvalue weighted by Gasteiger charge is -2.38. The molecule has 2 rings (SSSR count). The van der Waals surface area contributed by atoms with Crippen LogP contribution in [0.25, 0.3) is 0 Å². The van der Waals surface area contributed by atoms with Crippen molar-refractivity contribution >= 4 is 10.0 Å². The van der Waals surface area contributed by atoms with Gasteiger partial charge in [0.2, 0.25) is 10.0 Å². The molecular weight excluding hydrogens is 305 g/mol. The van der Waals surface area contributed by atoms with Gasteiger partial charge in [0.15, 0.2) is 5.67 Å². The van der Waals surface area contributed by atoms with Gasteiger partial charge in [-0.2, -0.15) is 0 Å². The third-order valence-electron chi connectivity index (χ3n) is 4.33. The Kier molecular flexibility index (Phi) is 5.12. The molecule has 0 saturated heterocycles. The van der Waals surface area contributed by atoms with Crippen molar-refractivity contribution < 1.29 is 17.5 Å². The average Bonchev–Trinajstić information content (AvgIpc) is 2.49. The molecule has 0 bridgehead atoms. The van der Waals surface area contributed by atoms with Crippen molar-refractivity contribution in [3.63, 3.8) is 0 Å². The zero-order valence-electron chi connectivity index (χ0n) is 13.3. The number of hydrogen-bond donors (Lipinski definition) is 1. The molecule has 22 heavy (non-hydrogen) atoms. The van der Waals surface area contributed by atoms with Crippen molar-refractivity contribution in [3.8, 4) is 5.75 Å². The fourth-order valence-corrected chi connectivity index (χ4v) is 3.81. The first-order chi connectivity index (χ1) is 10.3. The van der Waals surface area contributed by atoms with E-state index in [2.05, 4.69) is 4.72 Å². The van der Waals surface area contributed by atoms with Gasteiger partial charge in [0.1, 0.15) is 5.75 Å². The Morgan fingerprint density at radius 2 is 1.91 bits per heavy atom. The van der Waals surface area contributed by atoms with Crippen molar-refractivity contribution in [2.45, 2.75) is 56.5 Å². The van der Waals surface area contributed by atoms with Crippen LogP contribution in [0.15, 0.2) is 24.3 Å². The van der Waals surface area contributed by atoms with Crippen LogP contribution in [0.5, 0.6) is 5.75 Å². The molecule has 0 heterocycles. The fourth-order valence-electron chi connectivity index (χ4n) is 2.83. The Morgan fingerprint density at radius 1 is 1.27 bits per heavy atom. The number of benzene rings is 1. The van der Waals surface area contributed by atoms with E-state index in [1.54, 1.807) is 45.2 Å². The van der Waals surface area contributed by atoms with Crippen molar-refractivity contribution in [3.05, 3.63) is 29.8 Å². The molecule has 1 saturated carbocycles. The van der Waals surface area contributed by atoms with Gasteiger partial charge in [-0.3, -0.25) is 0 Å². The standard InChI is InChI=1S/C16H24FNO3S/c1-12(2)22(19,20)18-15-6-4-5-11-16(15,17)13-7-9-14(21-3)10-8-13/h7-10,12,15,18H,4-6,11H2,1-3H3. The minimum absolute atomic E-state index is 0.324. The molecule has 1 aliphatic rings. The second-order valence-corrected chi connectivity index (χ2v) is 8.37. The molecule has 1 aromatic carbocycles. The van der Waals surface area contributed by atoms with E-state index in [1.165, 1.54) is 0 Å². The highest BCUT2D eigenvalue weighted by Crippen LogP contribution is 2.41. The quantitative estimate of drug-likeness (QED) is 0.903. The van der Waals surface area contributed by atoms with Gasteiger partial charge < -0.3 is 4.74 Å². The summed E-state index contributed by atoms with van der Waals surface area (Å²) in [5.41, 5.74) is -1.17. The zero-order valence-corrected chi connectivity index (χ0v) is 14.1. The number of sulfonamides is 1. The van der Waals surface area contributed by atoms with E-state index in [-0.39, 0.29) is 0 Å². The molecule has 1 aromatic rings. The highest BCUT2D eigenvalue weighted by atomic mass is 32.2. The van der Waals surface area contributed by atoms with Crippen LogP contribution in [0.1, 0.15) is 45.1 Å². The summed E-state index contributed by atoms with van der Waals surface area (Å²) < 4.78 is 47.5. The van der Waals surface area contributed by atoms with E-state index < -0.39 is 27.0 Å². The van der Waals surface area contributed by atoms with Crippen LogP contribution in [0.4, 0.5) is 4.39 Å². The third-order valence-corrected chi connectivity index (χ3v) is 6.19. The maximum Gasteiger partial charge on any atom is 0.214 e. The Labute approximate surface area is 132 Å². The fraction of sp³-hybridized carbons (Fsp3) is 0.625. The molecule has 0 radical (unpaired) electrons. The van der Waals surface area contributed by atoms with Crippen LogP contribution in [0, 0.1) is 0 Å². The van der Waals surface area contributed by atoms with E-state index in [0.29, 0.717) is 24.2 Å².